The maximum atomic E-state index is 12.7. The molecule has 1 fully saturated rings. The fraction of sp³-hybridized carbons (Fsp3) is 0.350. The van der Waals surface area contributed by atoms with E-state index in [2.05, 4.69) is 21.2 Å². The molecule has 0 aliphatic carbocycles. The lowest BCUT2D eigenvalue weighted by atomic mass is 10.1. The lowest BCUT2D eigenvalue weighted by molar-refractivity contribution is -0.123. The predicted octanol–water partition coefficient (Wildman–Crippen LogP) is 3.38. The van der Waals surface area contributed by atoms with E-state index in [4.69, 9.17) is 21.1 Å². The number of hydrogen-bond acceptors (Lipinski definition) is 5. The fourth-order valence-corrected chi connectivity index (χ4v) is 5.13. The van der Waals surface area contributed by atoms with E-state index in [9.17, 15) is 13.2 Å². The van der Waals surface area contributed by atoms with Gasteiger partial charge in [0.2, 0.25) is 10.0 Å². The van der Waals surface area contributed by atoms with Gasteiger partial charge in [0, 0.05) is 17.6 Å². The first-order valence-electron chi connectivity index (χ1n) is 9.32. The number of carbonyl (C=O) groups is 1. The Morgan fingerprint density at radius 1 is 1.27 bits per heavy atom. The highest BCUT2D eigenvalue weighted by molar-refractivity contribution is 9.10. The third kappa shape index (κ3) is 5.73. The van der Waals surface area contributed by atoms with E-state index in [-0.39, 0.29) is 34.2 Å². The summed E-state index contributed by atoms with van der Waals surface area (Å²) in [5, 5.41) is 2.97. The molecule has 2 aromatic carbocycles. The van der Waals surface area contributed by atoms with Crippen LogP contribution in [-0.2, 0) is 19.6 Å². The van der Waals surface area contributed by atoms with Gasteiger partial charge in [0.25, 0.3) is 5.91 Å². The van der Waals surface area contributed by atoms with E-state index < -0.39 is 10.0 Å². The summed E-state index contributed by atoms with van der Waals surface area (Å²) in [4.78, 5) is 12.3. The number of sulfonamides is 1. The molecule has 1 amide bonds. The molecule has 10 heteroatoms. The smallest absolute Gasteiger partial charge is 0.258 e. The number of nitrogens with zero attached hydrogens (tertiary/aromatic N) is 1. The highest BCUT2D eigenvalue weighted by atomic mass is 79.9. The maximum Gasteiger partial charge on any atom is 0.258 e. The lowest BCUT2D eigenvalue weighted by Gasteiger charge is -2.26. The number of hydrogen-bond donors (Lipinski definition) is 1. The fourth-order valence-electron chi connectivity index (χ4n) is 2.98. The molecule has 1 aliphatic heterocycles. The second-order valence-electron chi connectivity index (χ2n) is 6.74. The molecular weight excluding hydrogens is 496 g/mol. The first-order valence-corrected chi connectivity index (χ1v) is 11.9. The summed E-state index contributed by atoms with van der Waals surface area (Å²) in [5.41, 5.74) is 0.952. The van der Waals surface area contributed by atoms with Crippen molar-refractivity contribution in [1.82, 2.24) is 9.62 Å². The molecule has 1 heterocycles. The Hall–Kier alpha value is -1.65. The number of amides is 1. The van der Waals surface area contributed by atoms with Crippen LogP contribution >= 0.6 is 27.5 Å². The third-order valence-electron chi connectivity index (χ3n) is 4.60. The highest BCUT2D eigenvalue weighted by Crippen LogP contribution is 2.29. The van der Waals surface area contributed by atoms with Crippen molar-refractivity contribution in [2.75, 3.05) is 32.9 Å². The average Bonchev–Trinajstić information content (AvgIpc) is 2.73. The predicted molar refractivity (Wildman–Crippen MR) is 117 cm³/mol. The van der Waals surface area contributed by atoms with Crippen LogP contribution in [-0.4, -0.2) is 51.5 Å². The van der Waals surface area contributed by atoms with Crippen LogP contribution in [0, 0.1) is 0 Å². The molecule has 1 N–H and O–H groups in total. The number of morpholine rings is 1. The Labute approximate surface area is 189 Å². The van der Waals surface area contributed by atoms with Crippen molar-refractivity contribution < 1.29 is 22.7 Å². The van der Waals surface area contributed by atoms with Crippen LogP contribution in [0.1, 0.15) is 18.5 Å². The van der Waals surface area contributed by atoms with Gasteiger partial charge < -0.3 is 14.8 Å². The molecule has 0 spiro atoms. The topological polar surface area (TPSA) is 84.9 Å². The number of benzene rings is 2. The molecule has 0 unspecified atom stereocenters. The van der Waals surface area contributed by atoms with Crippen LogP contribution < -0.4 is 10.1 Å². The van der Waals surface area contributed by atoms with Gasteiger partial charge in [0.15, 0.2) is 6.61 Å². The average molecular weight is 518 g/mol. The van der Waals surface area contributed by atoms with E-state index in [0.717, 1.165) is 10.0 Å². The molecule has 0 saturated carbocycles. The van der Waals surface area contributed by atoms with Crippen LogP contribution in [0.15, 0.2) is 51.8 Å². The minimum Gasteiger partial charge on any atom is -0.482 e. The Balaban J connectivity index is 1.60. The Morgan fingerprint density at radius 3 is 2.67 bits per heavy atom. The van der Waals surface area contributed by atoms with Crippen LogP contribution in [0.3, 0.4) is 0 Å². The zero-order chi connectivity index (χ0) is 21.7. The summed E-state index contributed by atoms with van der Waals surface area (Å²) in [6, 6.07) is 11.7. The molecule has 0 bridgehead atoms. The van der Waals surface area contributed by atoms with Crippen molar-refractivity contribution in [2.24, 2.45) is 0 Å². The molecule has 3 rings (SSSR count). The summed E-state index contributed by atoms with van der Waals surface area (Å²) in [6.07, 6.45) is 0. The van der Waals surface area contributed by atoms with Crippen LogP contribution in [0.2, 0.25) is 5.02 Å². The Kier molecular flexibility index (Phi) is 7.75. The number of ether oxygens (including phenoxy) is 2. The standard InChI is InChI=1S/C20H22BrClN2O5S/c1-14(15-3-2-4-16(21)11-15)23-20(25)13-29-19-6-5-17(12-18(19)22)30(26,27)24-7-9-28-10-8-24/h2-6,11-12,14H,7-10,13H2,1H3,(H,23,25)/t14-/m0/s1. The monoisotopic (exact) mass is 516 g/mol. The maximum absolute atomic E-state index is 12.7. The van der Waals surface area contributed by atoms with Gasteiger partial charge in [0.1, 0.15) is 5.75 Å². The minimum atomic E-state index is -3.65. The zero-order valence-corrected chi connectivity index (χ0v) is 19.5. The van der Waals surface area contributed by atoms with Crippen molar-refractivity contribution in [1.29, 1.82) is 0 Å². The quantitative estimate of drug-likeness (QED) is 0.609. The van der Waals surface area contributed by atoms with E-state index in [1.54, 1.807) is 0 Å². The summed E-state index contributed by atoms with van der Waals surface area (Å²) in [5.74, 6) is -0.0774. The van der Waals surface area contributed by atoms with Gasteiger partial charge in [-0.25, -0.2) is 8.42 Å². The van der Waals surface area contributed by atoms with Crippen molar-refractivity contribution in [3.8, 4) is 5.75 Å². The number of rotatable bonds is 7. The van der Waals surface area contributed by atoms with E-state index in [1.165, 1.54) is 22.5 Å². The van der Waals surface area contributed by atoms with E-state index in [1.807, 2.05) is 31.2 Å². The number of nitrogens with one attached hydrogen (secondary N) is 1. The second-order valence-corrected chi connectivity index (χ2v) is 10.0. The molecular formula is C20H22BrClN2O5S. The van der Waals surface area contributed by atoms with E-state index >= 15 is 0 Å². The van der Waals surface area contributed by atoms with Gasteiger partial charge in [-0.15, -0.1) is 0 Å². The Bertz CT molecular complexity index is 1010. The number of carbonyl (C=O) groups excluding carboxylic acids is 1. The van der Waals surface area contributed by atoms with Gasteiger partial charge in [-0.2, -0.15) is 4.31 Å². The third-order valence-corrected chi connectivity index (χ3v) is 7.28. The molecule has 1 saturated heterocycles. The van der Waals surface area contributed by atoms with Gasteiger partial charge in [-0.05, 0) is 42.8 Å². The minimum absolute atomic E-state index is 0.0782. The number of halogens is 2. The first kappa shape index (κ1) is 23.0. The van der Waals surface area contributed by atoms with Crippen LogP contribution in [0.4, 0.5) is 0 Å². The summed E-state index contributed by atoms with van der Waals surface area (Å²) >= 11 is 9.61. The molecule has 0 aromatic heterocycles. The van der Waals surface area contributed by atoms with Crippen LogP contribution in [0.25, 0.3) is 0 Å². The van der Waals surface area contributed by atoms with Gasteiger partial charge >= 0.3 is 0 Å². The van der Waals surface area contributed by atoms with Crippen molar-refractivity contribution in [2.45, 2.75) is 17.9 Å². The molecule has 0 radical (unpaired) electrons. The summed E-state index contributed by atoms with van der Waals surface area (Å²) < 4.78 is 38.4. The van der Waals surface area contributed by atoms with Crippen molar-refractivity contribution >= 4 is 43.5 Å². The van der Waals surface area contributed by atoms with E-state index in [0.29, 0.717) is 26.3 Å². The van der Waals surface area contributed by atoms with Crippen molar-refractivity contribution in [3.63, 3.8) is 0 Å². The summed E-state index contributed by atoms with van der Waals surface area (Å²) in [6.45, 7) is 2.96. The SMILES string of the molecule is C[C@H](NC(=O)COc1ccc(S(=O)(=O)N2CCOCC2)cc1Cl)c1cccc(Br)c1. The van der Waals surface area contributed by atoms with Crippen LogP contribution in [0.5, 0.6) is 5.75 Å². The zero-order valence-electron chi connectivity index (χ0n) is 16.3. The largest absolute Gasteiger partial charge is 0.482 e. The molecule has 7 nitrogen and oxygen atoms in total. The molecule has 30 heavy (non-hydrogen) atoms. The lowest BCUT2D eigenvalue weighted by Crippen LogP contribution is -2.40. The van der Waals surface area contributed by atoms with Gasteiger partial charge in [-0.1, -0.05) is 39.7 Å². The van der Waals surface area contributed by atoms with Gasteiger partial charge in [-0.3, -0.25) is 4.79 Å². The second kappa shape index (κ2) is 10.1. The molecule has 2 aromatic rings. The Morgan fingerprint density at radius 2 is 2.00 bits per heavy atom. The normalized spacial score (nSPS) is 16.1. The molecule has 1 aliphatic rings. The van der Waals surface area contributed by atoms with Gasteiger partial charge in [0.05, 0.1) is 29.2 Å². The highest BCUT2D eigenvalue weighted by Gasteiger charge is 2.27. The first-order chi connectivity index (χ1) is 14.3. The summed E-state index contributed by atoms with van der Waals surface area (Å²) in [7, 11) is -3.65. The molecule has 162 valence electrons. The van der Waals surface area contributed by atoms with Crippen molar-refractivity contribution in [3.05, 3.63) is 57.5 Å². The molecule has 1 atom stereocenters.